The first-order chi connectivity index (χ1) is 8.58. The molecule has 1 atom stereocenters. The molecule has 0 saturated carbocycles. The Morgan fingerprint density at radius 2 is 2.28 bits per heavy atom. The van der Waals surface area contributed by atoms with E-state index in [0.29, 0.717) is 16.3 Å². The molecule has 1 heterocycles. The van der Waals surface area contributed by atoms with Crippen molar-refractivity contribution in [2.45, 2.75) is 6.23 Å². The summed E-state index contributed by atoms with van der Waals surface area (Å²) in [4.78, 5) is 10.6. The molecule has 94 valence electrons. The van der Waals surface area contributed by atoms with E-state index in [0.717, 1.165) is 0 Å². The number of carbonyl (C=O) groups is 1. The van der Waals surface area contributed by atoms with Crippen LogP contribution in [0.2, 0.25) is 5.02 Å². The van der Waals surface area contributed by atoms with Crippen LogP contribution in [0.4, 0.5) is 5.69 Å². The Hall–Kier alpha value is -2.19. The molecule has 18 heavy (non-hydrogen) atoms. The highest BCUT2D eigenvalue weighted by Gasteiger charge is 2.17. The number of benzene rings is 1. The molecule has 8 nitrogen and oxygen atoms in total. The van der Waals surface area contributed by atoms with E-state index in [1.807, 2.05) is 0 Å². The first-order valence-electron chi connectivity index (χ1n) is 4.78. The van der Waals surface area contributed by atoms with E-state index in [-0.39, 0.29) is 5.82 Å². The van der Waals surface area contributed by atoms with Crippen LogP contribution < -0.4 is 5.32 Å². The minimum atomic E-state index is -1.76. The molecule has 4 N–H and O–H groups in total. The van der Waals surface area contributed by atoms with Gasteiger partial charge in [-0.25, -0.2) is 4.79 Å². The zero-order chi connectivity index (χ0) is 13.1. The number of carboxylic acid groups (broad SMARTS) is 1. The Morgan fingerprint density at radius 3 is 2.89 bits per heavy atom. The Balaban J connectivity index is 2.38. The summed E-state index contributed by atoms with van der Waals surface area (Å²) in [7, 11) is 0. The van der Waals surface area contributed by atoms with E-state index in [4.69, 9.17) is 16.7 Å². The number of aromatic amines is 1. The fourth-order valence-corrected chi connectivity index (χ4v) is 1.49. The van der Waals surface area contributed by atoms with Gasteiger partial charge in [-0.05, 0) is 23.4 Å². The van der Waals surface area contributed by atoms with Gasteiger partial charge in [-0.1, -0.05) is 11.6 Å². The molecule has 2 aromatic rings. The third-order valence-electron chi connectivity index (χ3n) is 2.09. The quantitative estimate of drug-likeness (QED) is 0.590. The van der Waals surface area contributed by atoms with Gasteiger partial charge in [-0.15, -0.1) is 10.2 Å². The lowest BCUT2D eigenvalue weighted by atomic mass is 10.1. The van der Waals surface area contributed by atoms with Gasteiger partial charge in [0, 0.05) is 16.3 Å². The number of aliphatic carboxylic acids is 1. The topological polar surface area (TPSA) is 124 Å². The standard InChI is InChI=1S/C9H8ClN5O3/c10-4-1-2-5(7-12-14-15-13-7)6(3-4)11-8(16)9(17)18/h1-3,8,11,16H,(H,17,18)(H,12,13,14,15). The van der Waals surface area contributed by atoms with Crippen molar-refractivity contribution in [2.75, 3.05) is 5.32 Å². The third kappa shape index (κ3) is 2.55. The number of anilines is 1. The number of hydrogen-bond acceptors (Lipinski definition) is 6. The summed E-state index contributed by atoms with van der Waals surface area (Å²) in [6.07, 6.45) is -1.76. The average Bonchev–Trinajstić information content (AvgIpc) is 2.82. The summed E-state index contributed by atoms with van der Waals surface area (Å²) in [5.74, 6) is -1.15. The van der Waals surface area contributed by atoms with Crippen molar-refractivity contribution in [3.63, 3.8) is 0 Å². The molecule has 0 aliphatic rings. The zero-order valence-electron chi connectivity index (χ0n) is 8.83. The number of hydrogen-bond donors (Lipinski definition) is 4. The van der Waals surface area contributed by atoms with Crippen LogP contribution in [-0.4, -0.2) is 43.0 Å². The minimum Gasteiger partial charge on any atom is -0.478 e. The van der Waals surface area contributed by atoms with Gasteiger partial charge < -0.3 is 15.5 Å². The Labute approximate surface area is 106 Å². The normalized spacial score (nSPS) is 12.1. The highest BCUT2D eigenvalue weighted by atomic mass is 35.5. The molecular weight excluding hydrogens is 262 g/mol. The lowest BCUT2D eigenvalue weighted by Gasteiger charge is -2.12. The van der Waals surface area contributed by atoms with E-state index in [1.165, 1.54) is 6.07 Å². The van der Waals surface area contributed by atoms with Crippen LogP contribution in [0, 0.1) is 0 Å². The van der Waals surface area contributed by atoms with Crippen molar-refractivity contribution in [2.24, 2.45) is 0 Å². The van der Waals surface area contributed by atoms with Gasteiger partial charge in [0.15, 0.2) is 0 Å². The van der Waals surface area contributed by atoms with Crippen LogP contribution in [0.5, 0.6) is 0 Å². The molecule has 0 aliphatic heterocycles. The van der Waals surface area contributed by atoms with Crippen molar-refractivity contribution in [1.82, 2.24) is 20.6 Å². The molecule has 1 unspecified atom stereocenters. The predicted molar refractivity (Wildman–Crippen MR) is 61.9 cm³/mol. The first-order valence-corrected chi connectivity index (χ1v) is 5.16. The molecule has 0 aliphatic carbocycles. The SMILES string of the molecule is O=C(O)C(O)Nc1cc(Cl)ccc1-c1nn[nH]n1. The maximum Gasteiger partial charge on any atom is 0.353 e. The molecule has 2 rings (SSSR count). The van der Waals surface area contributed by atoms with Crippen molar-refractivity contribution < 1.29 is 15.0 Å². The number of carboxylic acids is 1. The fourth-order valence-electron chi connectivity index (χ4n) is 1.32. The highest BCUT2D eigenvalue weighted by Crippen LogP contribution is 2.28. The van der Waals surface area contributed by atoms with Gasteiger partial charge in [0.25, 0.3) is 0 Å². The van der Waals surface area contributed by atoms with Crippen LogP contribution in [-0.2, 0) is 4.79 Å². The van der Waals surface area contributed by atoms with Gasteiger partial charge >= 0.3 is 5.97 Å². The Kier molecular flexibility index (Phi) is 3.40. The summed E-state index contributed by atoms with van der Waals surface area (Å²) in [5, 5.41) is 33.9. The summed E-state index contributed by atoms with van der Waals surface area (Å²) in [6.45, 7) is 0. The van der Waals surface area contributed by atoms with E-state index in [1.54, 1.807) is 12.1 Å². The summed E-state index contributed by atoms with van der Waals surface area (Å²) in [5.41, 5.74) is 0.757. The van der Waals surface area contributed by atoms with E-state index in [9.17, 15) is 9.90 Å². The third-order valence-corrected chi connectivity index (χ3v) is 2.33. The van der Waals surface area contributed by atoms with Crippen molar-refractivity contribution in [1.29, 1.82) is 0 Å². The first kappa shape index (κ1) is 12.3. The van der Waals surface area contributed by atoms with Crippen LogP contribution in [0.3, 0.4) is 0 Å². The predicted octanol–water partition coefficient (Wildman–Crippen LogP) is 0.335. The fraction of sp³-hybridized carbons (Fsp3) is 0.111. The molecule has 0 bridgehead atoms. The van der Waals surface area contributed by atoms with E-state index < -0.39 is 12.2 Å². The molecule has 0 fully saturated rings. The number of nitrogens with zero attached hydrogens (tertiary/aromatic N) is 3. The van der Waals surface area contributed by atoms with Crippen LogP contribution in [0.25, 0.3) is 11.4 Å². The van der Waals surface area contributed by atoms with Crippen molar-refractivity contribution >= 4 is 23.3 Å². The number of rotatable bonds is 4. The van der Waals surface area contributed by atoms with Crippen molar-refractivity contribution in [3.05, 3.63) is 23.2 Å². The smallest absolute Gasteiger partial charge is 0.353 e. The zero-order valence-corrected chi connectivity index (χ0v) is 9.59. The molecular formula is C9H8ClN5O3. The number of aromatic nitrogens is 4. The monoisotopic (exact) mass is 269 g/mol. The molecule has 0 amide bonds. The number of H-pyrrole nitrogens is 1. The number of tetrazole rings is 1. The number of nitrogens with one attached hydrogen (secondary N) is 2. The molecule has 1 aromatic heterocycles. The number of aliphatic hydroxyl groups excluding tert-OH is 1. The lowest BCUT2D eigenvalue weighted by molar-refractivity contribution is -0.145. The second kappa shape index (κ2) is 4.98. The van der Waals surface area contributed by atoms with Gasteiger partial charge in [0.2, 0.25) is 12.1 Å². The molecule has 1 aromatic carbocycles. The minimum absolute atomic E-state index is 0.256. The Bertz CT molecular complexity index is 559. The van der Waals surface area contributed by atoms with Crippen LogP contribution >= 0.6 is 11.6 Å². The van der Waals surface area contributed by atoms with Gasteiger partial charge in [0.05, 0.1) is 0 Å². The molecule has 9 heteroatoms. The number of halogens is 1. The van der Waals surface area contributed by atoms with Crippen LogP contribution in [0.1, 0.15) is 0 Å². The highest BCUT2D eigenvalue weighted by molar-refractivity contribution is 6.31. The lowest BCUT2D eigenvalue weighted by Crippen LogP contribution is -2.28. The number of aliphatic hydroxyl groups is 1. The summed E-state index contributed by atoms with van der Waals surface area (Å²) in [6, 6.07) is 4.63. The molecule has 0 spiro atoms. The van der Waals surface area contributed by atoms with Gasteiger partial charge in [-0.3, -0.25) is 0 Å². The summed E-state index contributed by atoms with van der Waals surface area (Å²) >= 11 is 5.81. The molecule has 0 radical (unpaired) electrons. The summed E-state index contributed by atoms with van der Waals surface area (Å²) < 4.78 is 0. The Morgan fingerprint density at radius 1 is 1.50 bits per heavy atom. The maximum absolute atomic E-state index is 10.6. The van der Waals surface area contributed by atoms with E-state index >= 15 is 0 Å². The van der Waals surface area contributed by atoms with Gasteiger partial charge in [-0.2, -0.15) is 5.21 Å². The molecule has 0 saturated heterocycles. The van der Waals surface area contributed by atoms with E-state index in [2.05, 4.69) is 25.9 Å². The van der Waals surface area contributed by atoms with Crippen molar-refractivity contribution in [3.8, 4) is 11.4 Å². The largest absolute Gasteiger partial charge is 0.478 e. The second-order valence-corrected chi connectivity index (χ2v) is 3.75. The van der Waals surface area contributed by atoms with Gasteiger partial charge in [0.1, 0.15) is 0 Å². The second-order valence-electron chi connectivity index (χ2n) is 3.31. The van der Waals surface area contributed by atoms with Crippen LogP contribution in [0.15, 0.2) is 18.2 Å². The maximum atomic E-state index is 10.6. The average molecular weight is 270 g/mol.